The van der Waals surface area contributed by atoms with Gasteiger partial charge in [-0.15, -0.1) is 5.10 Å². The Morgan fingerprint density at radius 3 is 2.54 bits per heavy atom. The molecule has 0 radical (unpaired) electrons. The van der Waals surface area contributed by atoms with E-state index in [0.717, 1.165) is 43.7 Å². The Morgan fingerprint density at radius 1 is 1.00 bits per heavy atom. The van der Waals surface area contributed by atoms with Crippen molar-refractivity contribution in [3.63, 3.8) is 0 Å². The van der Waals surface area contributed by atoms with Gasteiger partial charge in [0.25, 0.3) is 0 Å². The molecular formula is C22H25FN5+. The van der Waals surface area contributed by atoms with Crippen molar-refractivity contribution in [2.75, 3.05) is 6.54 Å². The van der Waals surface area contributed by atoms with Crippen LogP contribution in [0.5, 0.6) is 0 Å². The highest BCUT2D eigenvalue weighted by molar-refractivity contribution is 5.28. The Kier molecular flexibility index (Phi) is 4.64. The van der Waals surface area contributed by atoms with E-state index in [1.165, 1.54) is 28.9 Å². The fourth-order valence-electron chi connectivity index (χ4n) is 4.87. The summed E-state index contributed by atoms with van der Waals surface area (Å²) >= 11 is 0. The van der Waals surface area contributed by atoms with Gasteiger partial charge in [0.1, 0.15) is 12.4 Å². The average molecular weight is 378 g/mol. The normalized spacial score (nSPS) is 20.8. The zero-order valence-corrected chi connectivity index (χ0v) is 15.9. The maximum absolute atomic E-state index is 13.6. The van der Waals surface area contributed by atoms with Gasteiger partial charge in [0, 0.05) is 17.5 Å². The molecule has 1 fully saturated rings. The van der Waals surface area contributed by atoms with Crippen molar-refractivity contribution in [1.82, 2.24) is 20.2 Å². The molecule has 144 valence electrons. The molecule has 0 spiro atoms. The molecule has 1 unspecified atom stereocenters. The summed E-state index contributed by atoms with van der Waals surface area (Å²) in [6.45, 7) is 1.94. The molecule has 2 aliphatic rings. The van der Waals surface area contributed by atoms with E-state index in [0.29, 0.717) is 6.04 Å². The zero-order chi connectivity index (χ0) is 18.9. The summed E-state index contributed by atoms with van der Waals surface area (Å²) in [5.74, 6) is 0.699. The van der Waals surface area contributed by atoms with E-state index in [2.05, 4.69) is 44.5 Å². The number of fused-ring (bicyclic) bond motifs is 1. The van der Waals surface area contributed by atoms with E-state index in [9.17, 15) is 4.39 Å². The molecule has 0 saturated heterocycles. The predicted molar refractivity (Wildman–Crippen MR) is 103 cm³/mol. The molecule has 6 heteroatoms. The molecule has 1 aliphatic heterocycles. The molecule has 0 bridgehead atoms. The van der Waals surface area contributed by atoms with Crippen molar-refractivity contribution in [1.29, 1.82) is 0 Å². The molecule has 3 aromatic rings. The lowest BCUT2D eigenvalue weighted by Crippen LogP contribution is -3.12. The molecule has 0 amide bonds. The van der Waals surface area contributed by atoms with Gasteiger partial charge in [0.2, 0.25) is 5.82 Å². The number of hydrogen-bond donors (Lipinski definition) is 1. The first-order chi connectivity index (χ1) is 13.8. The van der Waals surface area contributed by atoms with Gasteiger partial charge >= 0.3 is 0 Å². The Morgan fingerprint density at radius 2 is 1.75 bits per heavy atom. The van der Waals surface area contributed by atoms with Crippen LogP contribution in [-0.2, 0) is 13.0 Å². The van der Waals surface area contributed by atoms with Crippen molar-refractivity contribution in [3.8, 4) is 0 Å². The minimum absolute atomic E-state index is 0.00422. The summed E-state index contributed by atoms with van der Waals surface area (Å²) in [5, 5.41) is 12.9. The first-order valence-corrected chi connectivity index (χ1v) is 10.2. The first-order valence-electron chi connectivity index (χ1n) is 10.2. The summed E-state index contributed by atoms with van der Waals surface area (Å²) in [7, 11) is 0. The van der Waals surface area contributed by atoms with Crippen molar-refractivity contribution >= 4 is 0 Å². The van der Waals surface area contributed by atoms with Gasteiger partial charge in [-0.3, -0.25) is 0 Å². The summed E-state index contributed by atoms with van der Waals surface area (Å²) in [6.07, 6.45) is 5.76. The van der Waals surface area contributed by atoms with E-state index in [-0.39, 0.29) is 11.9 Å². The molecule has 2 atom stereocenters. The SMILES string of the molecule is Fc1ccc([C@@H](c2nnnn2C2CCCC2)[NH+]2CCc3ccccc3C2)cc1. The van der Waals surface area contributed by atoms with Crippen LogP contribution in [0.3, 0.4) is 0 Å². The second-order valence-electron chi connectivity index (χ2n) is 8.01. The maximum atomic E-state index is 13.6. The highest BCUT2D eigenvalue weighted by Crippen LogP contribution is 2.31. The second kappa shape index (κ2) is 7.43. The van der Waals surface area contributed by atoms with Gasteiger partial charge in [-0.1, -0.05) is 37.1 Å². The van der Waals surface area contributed by atoms with Gasteiger partial charge < -0.3 is 4.90 Å². The maximum Gasteiger partial charge on any atom is 0.214 e. The van der Waals surface area contributed by atoms with Crippen molar-refractivity contribution < 1.29 is 9.29 Å². The summed E-state index contributed by atoms with van der Waals surface area (Å²) in [6, 6.07) is 15.9. The van der Waals surface area contributed by atoms with Crippen LogP contribution in [0.1, 0.15) is 60.3 Å². The third kappa shape index (κ3) is 3.22. The standard InChI is InChI=1S/C22H24FN5/c23-19-11-9-17(10-12-19)21(22-24-25-26-28(22)20-7-3-4-8-20)27-14-13-16-5-1-2-6-18(16)15-27/h1-2,5-6,9-12,20-21H,3-4,7-8,13-15H2/p+1/t21-/m0/s1. The Hall–Kier alpha value is -2.60. The molecule has 1 N–H and O–H groups in total. The Labute approximate surface area is 164 Å². The first kappa shape index (κ1) is 17.5. The summed E-state index contributed by atoms with van der Waals surface area (Å²) in [5.41, 5.74) is 3.89. The molecule has 2 aromatic carbocycles. The number of halogens is 1. The summed E-state index contributed by atoms with van der Waals surface area (Å²) < 4.78 is 15.7. The monoisotopic (exact) mass is 378 g/mol. The molecule has 1 aromatic heterocycles. The van der Waals surface area contributed by atoms with E-state index < -0.39 is 0 Å². The third-order valence-electron chi connectivity index (χ3n) is 6.31. The van der Waals surface area contributed by atoms with Crippen LogP contribution < -0.4 is 4.90 Å². The van der Waals surface area contributed by atoms with E-state index >= 15 is 0 Å². The molecule has 1 saturated carbocycles. The van der Waals surface area contributed by atoms with Crippen molar-refractivity contribution in [2.24, 2.45) is 0 Å². The lowest BCUT2D eigenvalue weighted by molar-refractivity contribution is -0.941. The van der Waals surface area contributed by atoms with Crippen molar-refractivity contribution in [3.05, 3.63) is 76.9 Å². The van der Waals surface area contributed by atoms with Crippen LogP contribution in [0, 0.1) is 5.82 Å². The minimum atomic E-state index is -0.211. The molecular weight excluding hydrogens is 353 g/mol. The summed E-state index contributed by atoms with van der Waals surface area (Å²) in [4.78, 5) is 1.42. The number of rotatable bonds is 4. The number of nitrogens with one attached hydrogen (secondary N) is 1. The zero-order valence-electron chi connectivity index (χ0n) is 15.9. The van der Waals surface area contributed by atoms with Gasteiger partial charge in [-0.05, 0) is 53.1 Å². The van der Waals surface area contributed by atoms with Crippen LogP contribution in [0.2, 0.25) is 0 Å². The molecule has 5 nitrogen and oxygen atoms in total. The molecule has 28 heavy (non-hydrogen) atoms. The number of benzene rings is 2. The lowest BCUT2D eigenvalue weighted by Gasteiger charge is -2.32. The van der Waals surface area contributed by atoms with Gasteiger partial charge in [-0.25, -0.2) is 9.07 Å². The van der Waals surface area contributed by atoms with Crippen molar-refractivity contribution in [2.45, 2.75) is 50.7 Å². The largest absolute Gasteiger partial charge is 0.318 e. The molecule has 2 heterocycles. The van der Waals surface area contributed by atoms with Gasteiger partial charge in [0.15, 0.2) is 6.04 Å². The highest BCUT2D eigenvalue weighted by Gasteiger charge is 2.36. The number of quaternary nitrogens is 1. The van der Waals surface area contributed by atoms with E-state index in [1.54, 1.807) is 12.1 Å². The predicted octanol–water partition coefficient (Wildman–Crippen LogP) is 2.66. The van der Waals surface area contributed by atoms with Crippen LogP contribution in [-0.4, -0.2) is 26.8 Å². The van der Waals surface area contributed by atoms with Crippen LogP contribution >= 0.6 is 0 Å². The quantitative estimate of drug-likeness (QED) is 0.759. The van der Waals surface area contributed by atoms with Crippen LogP contribution in [0.15, 0.2) is 48.5 Å². The lowest BCUT2D eigenvalue weighted by atomic mass is 9.96. The smallest absolute Gasteiger partial charge is 0.214 e. The minimum Gasteiger partial charge on any atom is -0.318 e. The Balaban J connectivity index is 1.55. The van der Waals surface area contributed by atoms with Gasteiger partial charge in [0.05, 0.1) is 12.6 Å². The average Bonchev–Trinajstić information content (AvgIpc) is 3.41. The highest BCUT2D eigenvalue weighted by atomic mass is 19.1. The number of aromatic nitrogens is 4. The number of tetrazole rings is 1. The Bertz CT molecular complexity index is 946. The topological polar surface area (TPSA) is 48.0 Å². The van der Waals surface area contributed by atoms with E-state index in [1.807, 2.05) is 12.1 Å². The van der Waals surface area contributed by atoms with Crippen LogP contribution in [0.25, 0.3) is 0 Å². The van der Waals surface area contributed by atoms with Gasteiger partial charge in [-0.2, -0.15) is 0 Å². The number of hydrogen-bond acceptors (Lipinski definition) is 3. The van der Waals surface area contributed by atoms with Crippen LogP contribution in [0.4, 0.5) is 4.39 Å². The second-order valence-corrected chi connectivity index (χ2v) is 8.01. The number of nitrogens with zero attached hydrogens (tertiary/aromatic N) is 4. The fourth-order valence-corrected chi connectivity index (χ4v) is 4.87. The molecule has 5 rings (SSSR count). The van der Waals surface area contributed by atoms with E-state index in [4.69, 9.17) is 0 Å². The molecule has 1 aliphatic carbocycles. The third-order valence-corrected chi connectivity index (χ3v) is 6.31. The fraction of sp³-hybridized carbons (Fsp3) is 0.409.